The van der Waals surface area contributed by atoms with Crippen LogP contribution in [0.5, 0.6) is 0 Å². The predicted molar refractivity (Wildman–Crippen MR) is 287 cm³/mol. The minimum absolute atomic E-state index is 0.232. The number of hydrogen-bond acceptors (Lipinski definition) is 9. The van der Waals surface area contributed by atoms with Crippen molar-refractivity contribution in [3.8, 4) is 0 Å². The first-order chi connectivity index (χ1) is 34.1. The van der Waals surface area contributed by atoms with Crippen molar-refractivity contribution in [1.82, 2.24) is 10.6 Å². The average Bonchev–Trinajstić information content (AvgIpc) is 3.35. The van der Waals surface area contributed by atoms with Gasteiger partial charge in [0.05, 0.1) is 18.8 Å². The van der Waals surface area contributed by atoms with Gasteiger partial charge in [-0.15, -0.1) is 0 Å². The highest BCUT2D eigenvalue weighted by Crippen LogP contribution is 2.24. The van der Waals surface area contributed by atoms with Gasteiger partial charge in [0, 0.05) is 23.7 Å². The van der Waals surface area contributed by atoms with Gasteiger partial charge in [0.1, 0.15) is 30.5 Å². The zero-order chi connectivity index (χ0) is 50.9. The number of ether oxygens (including phenoxy) is 2. The van der Waals surface area contributed by atoms with Gasteiger partial charge in [0.25, 0.3) is 0 Å². The number of benzene rings is 1. The second kappa shape index (κ2) is 43.4. The van der Waals surface area contributed by atoms with E-state index in [-0.39, 0.29) is 25.5 Å². The van der Waals surface area contributed by atoms with Crippen molar-refractivity contribution in [2.75, 3.05) is 18.5 Å². The van der Waals surface area contributed by atoms with Crippen LogP contribution in [0.2, 0.25) is 5.02 Å². The molecule has 1 aliphatic heterocycles. The number of carbonyl (C=O) groups excluding carboxylic acids is 2. The van der Waals surface area contributed by atoms with Crippen molar-refractivity contribution in [2.45, 2.75) is 300 Å². The van der Waals surface area contributed by atoms with Gasteiger partial charge in [0.15, 0.2) is 6.29 Å². The van der Waals surface area contributed by atoms with Crippen LogP contribution in [0.25, 0.3) is 0 Å². The Bertz CT molecular complexity index is 1380. The lowest BCUT2D eigenvalue weighted by Crippen LogP contribution is -2.61. The Morgan fingerprint density at radius 2 is 0.971 bits per heavy atom. The van der Waals surface area contributed by atoms with Gasteiger partial charge in [-0.2, -0.15) is 0 Å². The lowest BCUT2D eigenvalue weighted by atomic mass is 9.98. The van der Waals surface area contributed by atoms with Gasteiger partial charge in [0.2, 0.25) is 5.91 Å². The average molecular weight is 1010 g/mol. The number of amides is 3. The highest BCUT2D eigenvalue weighted by Gasteiger charge is 2.45. The molecule has 70 heavy (non-hydrogen) atoms. The Balaban J connectivity index is 1.72. The molecule has 0 unspecified atom stereocenters. The van der Waals surface area contributed by atoms with Gasteiger partial charge in [-0.25, -0.2) is 4.79 Å². The van der Waals surface area contributed by atoms with Gasteiger partial charge in [-0.1, -0.05) is 244 Å². The molecule has 1 aromatic rings. The second-order valence-corrected chi connectivity index (χ2v) is 21.1. The largest absolute Gasteiger partial charge is 0.390 e. The van der Waals surface area contributed by atoms with Gasteiger partial charge >= 0.3 is 6.03 Å². The fourth-order valence-corrected chi connectivity index (χ4v) is 9.66. The number of aliphatic hydroxyl groups excluding tert-OH is 5. The van der Waals surface area contributed by atoms with E-state index in [2.05, 4.69) is 29.8 Å². The minimum atomic E-state index is -1.67. The van der Waals surface area contributed by atoms with E-state index in [1.165, 1.54) is 173 Å². The number of aliphatic hydroxyl groups is 5. The predicted octanol–water partition coefficient (Wildman–Crippen LogP) is 13.0. The molecule has 0 aromatic heterocycles. The van der Waals surface area contributed by atoms with E-state index in [1.807, 2.05) is 0 Å². The van der Waals surface area contributed by atoms with E-state index in [4.69, 9.17) is 21.1 Å². The highest BCUT2D eigenvalue weighted by atomic mass is 35.5. The van der Waals surface area contributed by atoms with E-state index >= 15 is 0 Å². The molecule has 0 saturated carbocycles. The Labute approximate surface area is 431 Å². The van der Waals surface area contributed by atoms with E-state index in [0.29, 0.717) is 23.6 Å². The molecule has 1 fully saturated rings. The third-order valence-corrected chi connectivity index (χ3v) is 14.4. The standard InChI is InChI=1S/C57H104ClN3O9/c1-3-5-7-9-11-13-15-17-18-19-20-21-22-23-24-25-26-27-29-31-33-35-37-39-51(63)61-48(52(64)49(62)38-36-34-32-30-28-16-14-12-10-8-6-4-2)45-69-56-55(67)54(66)53(65)50(70-56)44-59-57(68)60-47-42-40-46(58)41-43-47/h40-43,48-50,52-56,62,64-67H,3-39,44-45H2,1-2H3,(H,61,63)(H2,59,60,68)/t48-,49+,50+,52-,53-,54-,55+,56-/m0/s1. The second-order valence-electron chi connectivity index (χ2n) is 20.6. The van der Waals surface area contributed by atoms with E-state index in [1.54, 1.807) is 24.3 Å². The van der Waals surface area contributed by atoms with Crippen molar-refractivity contribution in [3.05, 3.63) is 29.3 Å². The monoisotopic (exact) mass is 1010 g/mol. The van der Waals surface area contributed by atoms with Crippen molar-refractivity contribution >= 4 is 29.2 Å². The number of rotatable bonds is 46. The highest BCUT2D eigenvalue weighted by molar-refractivity contribution is 6.30. The summed E-state index contributed by atoms with van der Waals surface area (Å²) >= 11 is 5.93. The smallest absolute Gasteiger partial charge is 0.319 e. The molecule has 12 nitrogen and oxygen atoms in total. The summed E-state index contributed by atoms with van der Waals surface area (Å²) in [5.74, 6) is -0.275. The molecule has 1 aliphatic rings. The van der Waals surface area contributed by atoms with Crippen molar-refractivity contribution in [3.63, 3.8) is 0 Å². The lowest BCUT2D eigenvalue weighted by Gasteiger charge is -2.41. The maximum Gasteiger partial charge on any atom is 0.319 e. The van der Waals surface area contributed by atoms with Crippen molar-refractivity contribution in [1.29, 1.82) is 0 Å². The molecule has 8 N–H and O–H groups in total. The summed E-state index contributed by atoms with van der Waals surface area (Å²) in [6.45, 7) is 3.94. The van der Waals surface area contributed by atoms with Gasteiger partial charge in [-0.3, -0.25) is 4.79 Å². The number of unbranched alkanes of at least 4 members (excludes halogenated alkanes) is 33. The fraction of sp³-hybridized carbons (Fsp3) is 0.860. The molecule has 8 atom stereocenters. The Hall–Kier alpha value is -2.03. The van der Waals surface area contributed by atoms with Crippen molar-refractivity contribution in [2.24, 2.45) is 0 Å². The van der Waals surface area contributed by atoms with Crippen molar-refractivity contribution < 1.29 is 44.6 Å². The molecular weight excluding hydrogens is 906 g/mol. The number of carbonyl (C=O) groups is 2. The van der Waals surface area contributed by atoms with E-state index in [9.17, 15) is 35.1 Å². The van der Waals surface area contributed by atoms with Crippen LogP contribution < -0.4 is 16.0 Å². The van der Waals surface area contributed by atoms with Crippen LogP contribution in [0.1, 0.15) is 251 Å². The molecule has 0 spiro atoms. The minimum Gasteiger partial charge on any atom is -0.390 e. The third kappa shape index (κ3) is 32.2. The van der Waals surface area contributed by atoms with Crippen LogP contribution in [0, 0.1) is 0 Å². The maximum atomic E-state index is 13.3. The number of anilines is 1. The molecule has 13 heteroatoms. The molecule has 1 aromatic carbocycles. The number of hydrogen-bond donors (Lipinski definition) is 8. The van der Waals surface area contributed by atoms with E-state index < -0.39 is 55.0 Å². The molecular formula is C57H104ClN3O9. The van der Waals surface area contributed by atoms with Crippen LogP contribution in [0.4, 0.5) is 10.5 Å². The van der Waals surface area contributed by atoms with Crippen LogP contribution in [0.3, 0.4) is 0 Å². The molecule has 2 rings (SSSR count). The zero-order valence-corrected chi connectivity index (χ0v) is 45.0. The molecule has 1 saturated heterocycles. The summed E-state index contributed by atoms with van der Waals surface area (Å²) in [4.78, 5) is 25.8. The summed E-state index contributed by atoms with van der Waals surface area (Å²) < 4.78 is 11.7. The Morgan fingerprint density at radius 3 is 1.40 bits per heavy atom. The first-order valence-corrected chi connectivity index (χ1v) is 29.2. The third-order valence-electron chi connectivity index (χ3n) is 14.2. The lowest BCUT2D eigenvalue weighted by molar-refractivity contribution is -0.297. The summed E-state index contributed by atoms with van der Waals surface area (Å²) in [7, 11) is 0. The summed E-state index contributed by atoms with van der Waals surface area (Å²) in [6, 6.07) is 4.87. The Morgan fingerprint density at radius 1 is 0.571 bits per heavy atom. The molecule has 0 bridgehead atoms. The molecule has 0 radical (unpaired) electrons. The number of halogens is 1. The summed E-state index contributed by atoms with van der Waals surface area (Å²) in [5.41, 5.74) is 0.488. The zero-order valence-electron chi connectivity index (χ0n) is 44.3. The fourth-order valence-electron chi connectivity index (χ4n) is 9.53. The van der Waals surface area contributed by atoms with Crippen LogP contribution in [-0.4, -0.2) is 99.6 Å². The molecule has 3 amide bonds. The topological polar surface area (TPSA) is 190 Å². The first-order valence-electron chi connectivity index (χ1n) is 28.8. The number of urea groups is 1. The summed E-state index contributed by atoms with van der Waals surface area (Å²) in [6.07, 6.45) is 34.6. The first kappa shape index (κ1) is 64.1. The SMILES string of the molecule is CCCCCCCCCCCCCCCCCCCCCCCCCC(=O)N[C@@H](CO[C@H]1O[C@H](CNC(=O)Nc2ccc(Cl)cc2)[C@H](O)[C@H](O)[C@H]1O)[C@H](O)[C@H](O)CCCCCCCCCCCCCC. The quantitative estimate of drug-likeness (QED) is 0.0294. The normalized spacial score (nSPS) is 19.5. The van der Waals surface area contributed by atoms with E-state index in [0.717, 1.165) is 44.9 Å². The van der Waals surface area contributed by atoms with Gasteiger partial charge in [-0.05, 0) is 37.1 Å². The maximum absolute atomic E-state index is 13.3. The molecule has 1 heterocycles. The molecule has 408 valence electrons. The van der Waals surface area contributed by atoms with Crippen LogP contribution in [0.15, 0.2) is 24.3 Å². The summed E-state index contributed by atoms with van der Waals surface area (Å²) in [5, 5.41) is 63.3. The van der Waals surface area contributed by atoms with Crippen LogP contribution in [-0.2, 0) is 14.3 Å². The number of nitrogens with one attached hydrogen (secondary N) is 3. The molecule has 0 aliphatic carbocycles. The van der Waals surface area contributed by atoms with Gasteiger partial charge < -0.3 is 51.0 Å². The van der Waals surface area contributed by atoms with Crippen LogP contribution >= 0.6 is 11.6 Å². The Kier molecular flexibility index (Phi) is 39.7.